The molecular formula is C16H20Cl2N4O3S. The second-order valence-electron chi connectivity index (χ2n) is 5.96. The molecule has 1 N–H and O–H groups in total. The number of aromatic nitrogens is 2. The summed E-state index contributed by atoms with van der Waals surface area (Å²) in [7, 11) is -0.725. The van der Waals surface area contributed by atoms with E-state index in [-0.39, 0.29) is 23.9 Å². The molecule has 0 radical (unpaired) electrons. The molecule has 0 fully saturated rings. The lowest BCUT2D eigenvalue weighted by Gasteiger charge is -2.12. The Morgan fingerprint density at radius 2 is 1.92 bits per heavy atom. The molecule has 0 aliphatic heterocycles. The van der Waals surface area contributed by atoms with Gasteiger partial charge in [-0.3, -0.25) is 9.48 Å². The summed E-state index contributed by atoms with van der Waals surface area (Å²) >= 11 is 11.9. The highest BCUT2D eigenvalue weighted by Crippen LogP contribution is 2.22. The molecule has 142 valence electrons. The molecule has 2 rings (SSSR count). The first-order valence-electron chi connectivity index (χ1n) is 7.71. The van der Waals surface area contributed by atoms with Crippen molar-refractivity contribution in [2.45, 2.75) is 31.8 Å². The number of nitrogens with one attached hydrogen (secondary N) is 1. The number of aryl methyl sites for hydroxylation is 1. The van der Waals surface area contributed by atoms with E-state index in [0.717, 1.165) is 9.87 Å². The predicted molar refractivity (Wildman–Crippen MR) is 101 cm³/mol. The molecule has 1 amide bonds. The lowest BCUT2D eigenvalue weighted by molar-refractivity contribution is -0.122. The van der Waals surface area contributed by atoms with Gasteiger partial charge in [0.1, 0.15) is 11.4 Å². The van der Waals surface area contributed by atoms with E-state index in [1.807, 2.05) is 0 Å². The Morgan fingerprint density at radius 3 is 2.50 bits per heavy atom. The van der Waals surface area contributed by atoms with Crippen LogP contribution in [0.5, 0.6) is 0 Å². The second-order valence-corrected chi connectivity index (χ2v) is 8.89. The zero-order valence-corrected chi connectivity index (χ0v) is 17.2. The summed E-state index contributed by atoms with van der Waals surface area (Å²) in [6.45, 7) is 3.36. The van der Waals surface area contributed by atoms with Crippen LogP contribution < -0.4 is 5.32 Å². The number of carbonyl (C=O) groups is 1. The summed E-state index contributed by atoms with van der Waals surface area (Å²) in [5.74, 6) is -0.310. The van der Waals surface area contributed by atoms with Gasteiger partial charge in [-0.05, 0) is 31.5 Å². The smallest absolute Gasteiger partial charge is 0.246 e. The number of halogens is 2. The maximum Gasteiger partial charge on any atom is 0.246 e. The number of hydrogen-bond acceptors (Lipinski definition) is 4. The van der Waals surface area contributed by atoms with Crippen LogP contribution >= 0.6 is 23.2 Å². The summed E-state index contributed by atoms with van der Waals surface area (Å²) in [5.41, 5.74) is 1.49. The lowest BCUT2D eigenvalue weighted by atomic mass is 10.2. The lowest BCUT2D eigenvalue weighted by Crippen LogP contribution is -2.28. The highest BCUT2D eigenvalue weighted by molar-refractivity contribution is 7.89. The van der Waals surface area contributed by atoms with Gasteiger partial charge < -0.3 is 5.32 Å². The molecule has 0 saturated carbocycles. The third-order valence-electron chi connectivity index (χ3n) is 3.84. The van der Waals surface area contributed by atoms with Crippen LogP contribution in [0.2, 0.25) is 10.0 Å². The Kier molecular flexibility index (Phi) is 6.33. The number of nitrogens with zero attached hydrogens (tertiary/aromatic N) is 3. The summed E-state index contributed by atoms with van der Waals surface area (Å²) in [6.07, 6.45) is 0. The largest absolute Gasteiger partial charge is 0.350 e. The topological polar surface area (TPSA) is 84.3 Å². The standard InChI is InChI=1S/C16H20Cl2N4O3S/c1-10-16(26(24,25)21(3)4)11(2)22(20-10)9-15(23)19-8-12-5-6-13(17)7-14(12)18/h5-7H,8-9H2,1-4H3,(H,19,23). The number of hydrogen-bond donors (Lipinski definition) is 1. The molecule has 0 atom stereocenters. The Hall–Kier alpha value is -1.61. The van der Waals surface area contributed by atoms with Gasteiger partial charge in [-0.1, -0.05) is 29.3 Å². The van der Waals surface area contributed by atoms with Crippen molar-refractivity contribution >= 4 is 39.1 Å². The molecule has 1 aromatic heterocycles. The van der Waals surface area contributed by atoms with Gasteiger partial charge in [-0.2, -0.15) is 5.10 Å². The molecule has 0 bridgehead atoms. The highest BCUT2D eigenvalue weighted by Gasteiger charge is 2.27. The van der Waals surface area contributed by atoms with Crippen molar-refractivity contribution in [3.05, 3.63) is 45.2 Å². The monoisotopic (exact) mass is 418 g/mol. The van der Waals surface area contributed by atoms with E-state index in [1.54, 1.807) is 32.0 Å². The van der Waals surface area contributed by atoms with E-state index in [1.165, 1.54) is 18.8 Å². The van der Waals surface area contributed by atoms with E-state index in [2.05, 4.69) is 10.4 Å². The van der Waals surface area contributed by atoms with E-state index in [4.69, 9.17) is 23.2 Å². The minimum Gasteiger partial charge on any atom is -0.350 e. The normalized spacial score (nSPS) is 11.8. The number of sulfonamides is 1. The van der Waals surface area contributed by atoms with Gasteiger partial charge in [0.15, 0.2) is 0 Å². The van der Waals surface area contributed by atoms with Crippen LogP contribution in [-0.2, 0) is 27.9 Å². The molecule has 26 heavy (non-hydrogen) atoms. The van der Waals surface area contributed by atoms with Gasteiger partial charge >= 0.3 is 0 Å². The van der Waals surface area contributed by atoms with Gasteiger partial charge in [0.2, 0.25) is 15.9 Å². The van der Waals surface area contributed by atoms with Crippen molar-refractivity contribution in [1.29, 1.82) is 0 Å². The summed E-state index contributed by atoms with van der Waals surface area (Å²) < 4.78 is 27.3. The van der Waals surface area contributed by atoms with E-state index < -0.39 is 10.0 Å². The SMILES string of the molecule is Cc1nn(CC(=O)NCc2ccc(Cl)cc2Cl)c(C)c1S(=O)(=O)N(C)C. The molecule has 1 aromatic carbocycles. The van der Waals surface area contributed by atoms with Crippen LogP contribution in [0.1, 0.15) is 17.0 Å². The molecule has 2 aromatic rings. The molecule has 0 spiro atoms. The van der Waals surface area contributed by atoms with Gasteiger partial charge in [0.25, 0.3) is 0 Å². The zero-order valence-electron chi connectivity index (χ0n) is 14.9. The van der Waals surface area contributed by atoms with Crippen molar-refractivity contribution in [1.82, 2.24) is 19.4 Å². The van der Waals surface area contributed by atoms with E-state index in [0.29, 0.717) is 21.4 Å². The van der Waals surface area contributed by atoms with E-state index in [9.17, 15) is 13.2 Å². The molecular weight excluding hydrogens is 399 g/mol. The van der Waals surface area contributed by atoms with Crippen LogP contribution in [0.25, 0.3) is 0 Å². The van der Waals surface area contributed by atoms with E-state index >= 15 is 0 Å². The average molecular weight is 419 g/mol. The maximum absolute atomic E-state index is 12.4. The minimum absolute atomic E-state index is 0.0964. The molecule has 0 saturated heterocycles. The Morgan fingerprint density at radius 1 is 1.27 bits per heavy atom. The van der Waals surface area contributed by atoms with Crippen molar-refractivity contribution in [2.75, 3.05) is 14.1 Å². The first kappa shape index (κ1) is 20.7. The maximum atomic E-state index is 12.4. The van der Waals surface area contributed by atoms with Gasteiger partial charge in [0.05, 0.1) is 11.4 Å². The summed E-state index contributed by atoms with van der Waals surface area (Å²) in [6, 6.07) is 5.02. The molecule has 0 unspecified atom stereocenters. The van der Waals surface area contributed by atoms with Crippen molar-refractivity contribution < 1.29 is 13.2 Å². The van der Waals surface area contributed by atoms with Crippen LogP contribution in [-0.4, -0.2) is 42.5 Å². The van der Waals surface area contributed by atoms with Crippen LogP contribution in [0.15, 0.2) is 23.1 Å². The van der Waals surface area contributed by atoms with Gasteiger partial charge in [-0.15, -0.1) is 0 Å². The fourth-order valence-corrected chi connectivity index (χ4v) is 4.17. The fourth-order valence-electron chi connectivity index (χ4n) is 2.44. The van der Waals surface area contributed by atoms with Crippen molar-refractivity contribution in [3.63, 3.8) is 0 Å². The first-order chi connectivity index (χ1) is 12.0. The molecule has 0 aliphatic carbocycles. The van der Waals surface area contributed by atoms with Crippen LogP contribution in [0, 0.1) is 13.8 Å². The Labute approximate surface area is 162 Å². The van der Waals surface area contributed by atoms with Crippen LogP contribution in [0.4, 0.5) is 0 Å². The highest BCUT2D eigenvalue weighted by atomic mass is 35.5. The fraction of sp³-hybridized carbons (Fsp3) is 0.375. The third kappa shape index (κ3) is 4.37. The Bertz CT molecular complexity index is 939. The van der Waals surface area contributed by atoms with Crippen molar-refractivity contribution in [3.8, 4) is 0 Å². The summed E-state index contributed by atoms with van der Waals surface area (Å²) in [5, 5.41) is 7.90. The number of amides is 1. The molecule has 7 nitrogen and oxygen atoms in total. The minimum atomic E-state index is -3.63. The Balaban J connectivity index is 2.13. The molecule has 10 heteroatoms. The van der Waals surface area contributed by atoms with Gasteiger partial charge in [-0.25, -0.2) is 12.7 Å². The van der Waals surface area contributed by atoms with Gasteiger partial charge in [0, 0.05) is 30.7 Å². The molecule has 1 heterocycles. The molecule has 0 aliphatic rings. The van der Waals surface area contributed by atoms with Crippen LogP contribution in [0.3, 0.4) is 0 Å². The van der Waals surface area contributed by atoms with Crippen molar-refractivity contribution in [2.24, 2.45) is 0 Å². The third-order valence-corrected chi connectivity index (χ3v) is 6.49. The number of carbonyl (C=O) groups excluding carboxylic acids is 1. The quantitative estimate of drug-likeness (QED) is 0.779. The average Bonchev–Trinajstić information content (AvgIpc) is 2.80. The number of benzene rings is 1. The zero-order chi connectivity index (χ0) is 19.6. The second kappa shape index (κ2) is 7.96. The number of rotatable bonds is 6. The predicted octanol–water partition coefficient (Wildman–Crippen LogP) is 2.37. The first-order valence-corrected chi connectivity index (χ1v) is 9.90. The summed E-state index contributed by atoms with van der Waals surface area (Å²) in [4.78, 5) is 12.3.